The number of aromatic amines is 2. The topological polar surface area (TPSA) is 108 Å². The van der Waals surface area contributed by atoms with Crippen LogP contribution in [0.2, 0.25) is 0 Å². The third kappa shape index (κ3) is 4.45. The molecular weight excluding hydrogens is 460 g/mol. The van der Waals surface area contributed by atoms with Crippen LogP contribution in [0.1, 0.15) is 26.2 Å². The molecule has 6 heterocycles. The maximum atomic E-state index is 4.97. The fraction of sp³-hybridized carbons (Fsp3) is 0.138. The number of hydrogen-bond donors (Lipinski definition) is 3. The number of anilines is 1. The number of unbranched alkanes of at least 4 members (excludes halogenated alkanes) is 1. The minimum Gasteiger partial charge on any atom is -0.358 e. The van der Waals surface area contributed by atoms with Crippen molar-refractivity contribution in [3.8, 4) is 33.9 Å². The van der Waals surface area contributed by atoms with Crippen molar-refractivity contribution in [1.29, 1.82) is 0 Å². The highest BCUT2D eigenvalue weighted by Gasteiger charge is 2.16. The highest BCUT2D eigenvalue weighted by molar-refractivity contribution is 5.99. The third-order valence-electron chi connectivity index (χ3n) is 6.34. The number of allylic oxidation sites excluding steroid dienone is 1. The standard InChI is InChI=1S/C29H26N8/c1-3-4-7-18(2)33-20-12-19(14-30-15-20)23-9-10-25-28(35-23)29(37-36-25)26-13-21-22(16-31-17-27(21)34-26)24-8-5-6-11-32-24/h5-6,8-17,33-34H,2-4,7H2,1H3,(H,36,37). The minimum atomic E-state index is 0.746. The summed E-state index contributed by atoms with van der Waals surface area (Å²) >= 11 is 0. The molecule has 0 radical (unpaired) electrons. The molecule has 37 heavy (non-hydrogen) atoms. The minimum absolute atomic E-state index is 0.746. The van der Waals surface area contributed by atoms with Crippen LogP contribution in [0.15, 0.2) is 85.7 Å². The van der Waals surface area contributed by atoms with Gasteiger partial charge in [0.25, 0.3) is 0 Å². The molecule has 6 aromatic heterocycles. The van der Waals surface area contributed by atoms with Gasteiger partial charge in [-0.25, -0.2) is 4.98 Å². The maximum Gasteiger partial charge on any atom is 0.135 e. The van der Waals surface area contributed by atoms with E-state index in [4.69, 9.17) is 4.98 Å². The lowest BCUT2D eigenvalue weighted by molar-refractivity contribution is 0.791. The lowest BCUT2D eigenvalue weighted by Crippen LogP contribution is -1.99. The first kappa shape index (κ1) is 22.6. The molecule has 8 nitrogen and oxygen atoms in total. The molecule has 0 saturated heterocycles. The molecule has 0 unspecified atom stereocenters. The molecule has 6 rings (SSSR count). The molecule has 0 aliphatic carbocycles. The Morgan fingerprint density at radius 3 is 2.76 bits per heavy atom. The molecule has 0 aliphatic rings. The van der Waals surface area contributed by atoms with Gasteiger partial charge in [0.05, 0.1) is 46.2 Å². The average molecular weight is 487 g/mol. The van der Waals surface area contributed by atoms with Crippen LogP contribution in [0.3, 0.4) is 0 Å². The summed E-state index contributed by atoms with van der Waals surface area (Å²) in [6.45, 7) is 6.31. The Kier molecular flexibility index (Phi) is 5.90. The van der Waals surface area contributed by atoms with Crippen LogP contribution in [-0.2, 0) is 0 Å². The van der Waals surface area contributed by atoms with Crippen molar-refractivity contribution in [3.63, 3.8) is 0 Å². The maximum absolute atomic E-state index is 4.97. The summed E-state index contributed by atoms with van der Waals surface area (Å²) in [4.78, 5) is 21.8. The summed E-state index contributed by atoms with van der Waals surface area (Å²) in [5.41, 5.74) is 9.61. The Labute approximate surface area is 214 Å². The Balaban J connectivity index is 1.37. The van der Waals surface area contributed by atoms with Gasteiger partial charge in [-0.1, -0.05) is 26.0 Å². The van der Waals surface area contributed by atoms with Crippen LogP contribution in [0.5, 0.6) is 0 Å². The van der Waals surface area contributed by atoms with E-state index in [1.165, 1.54) is 0 Å². The fourth-order valence-corrected chi connectivity index (χ4v) is 4.46. The fourth-order valence-electron chi connectivity index (χ4n) is 4.46. The van der Waals surface area contributed by atoms with E-state index in [-0.39, 0.29) is 0 Å². The summed E-state index contributed by atoms with van der Waals surface area (Å²) in [5.74, 6) is 0. The van der Waals surface area contributed by atoms with E-state index in [1.807, 2.05) is 55.0 Å². The van der Waals surface area contributed by atoms with Crippen molar-refractivity contribution >= 4 is 27.6 Å². The monoisotopic (exact) mass is 486 g/mol. The number of H-pyrrole nitrogens is 2. The zero-order valence-corrected chi connectivity index (χ0v) is 20.5. The molecule has 0 fully saturated rings. The van der Waals surface area contributed by atoms with Gasteiger partial charge in [0.1, 0.15) is 11.2 Å². The van der Waals surface area contributed by atoms with E-state index in [0.717, 1.165) is 86.5 Å². The molecule has 6 aromatic rings. The van der Waals surface area contributed by atoms with Gasteiger partial charge in [-0.3, -0.25) is 20.1 Å². The van der Waals surface area contributed by atoms with E-state index in [9.17, 15) is 0 Å². The number of nitrogens with zero attached hydrogens (tertiary/aromatic N) is 5. The summed E-state index contributed by atoms with van der Waals surface area (Å²) in [6.07, 6.45) is 12.2. The second kappa shape index (κ2) is 9.66. The van der Waals surface area contributed by atoms with E-state index < -0.39 is 0 Å². The predicted octanol–water partition coefficient (Wildman–Crippen LogP) is 6.74. The molecule has 3 N–H and O–H groups in total. The number of pyridine rings is 4. The Hall–Kier alpha value is -4.85. The van der Waals surface area contributed by atoms with Crippen LogP contribution in [0.25, 0.3) is 55.8 Å². The SMILES string of the molecule is C=C(CCCC)Nc1cncc(-c2ccc3[nH]nc(-c4cc5c(-c6ccccn6)cncc5[nH]4)c3n2)c1. The highest BCUT2D eigenvalue weighted by atomic mass is 15.1. The van der Waals surface area contributed by atoms with Crippen molar-refractivity contribution in [3.05, 3.63) is 85.7 Å². The lowest BCUT2D eigenvalue weighted by atomic mass is 10.1. The summed E-state index contributed by atoms with van der Waals surface area (Å²) in [5, 5.41) is 12.1. The van der Waals surface area contributed by atoms with Crippen molar-refractivity contribution in [2.45, 2.75) is 26.2 Å². The molecule has 8 heteroatoms. The van der Waals surface area contributed by atoms with Crippen molar-refractivity contribution in [2.75, 3.05) is 5.32 Å². The largest absolute Gasteiger partial charge is 0.358 e. The molecule has 0 bridgehead atoms. The Morgan fingerprint density at radius 2 is 1.89 bits per heavy atom. The Morgan fingerprint density at radius 1 is 0.973 bits per heavy atom. The van der Waals surface area contributed by atoms with Gasteiger partial charge < -0.3 is 10.3 Å². The van der Waals surface area contributed by atoms with Crippen molar-refractivity contribution in [2.24, 2.45) is 0 Å². The first-order chi connectivity index (χ1) is 18.2. The second-order valence-electron chi connectivity index (χ2n) is 9.01. The van der Waals surface area contributed by atoms with Crippen molar-refractivity contribution < 1.29 is 0 Å². The molecule has 0 spiro atoms. The number of fused-ring (bicyclic) bond motifs is 2. The van der Waals surface area contributed by atoms with Crippen LogP contribution >= 0.6 is 0 Å². The average Bonchev–Trinajstić information content (AvgIpc) is 3.56. The van der Waals surface area contributed by atoms with Gasteiger partial charge in [-0.15, -0.1) is 0 Å². The number of aromatic nitrogens is 7. The van der Waals surface area contributed by atoms with Gasteiger partial charge in [0.2, 0.25) is 0 Å². The van der Waals surface area contributed by atoms with Crippen LogP contribution in [0.4, 0.5) is 5.69 Å². The predicted molar refractivity (Wildman–Crippen MR) is 148 cm³/mol. The number of hydrogen-bond acceptors (Lipinski definition) is 6. The molecule has 0 atom stereocenters. The van der Waals surface area contributed by atoms with E-state index in [0.29, 0.717) is 0 Å². The highest BCUT2D eigenvalue weighted by Crippen LogP contribution is 2.33. The first-order valence-electron chi connectivity index (χ1n) is 12.3. The van der Waals surface area contributed by atoms with Gasteiger partial charge in [0, 0.05) is 40.8 Å². The summed E-state index contributed by atoms with van der Waals surface area (Å²) < 4.78 is 0. The van der Waals surface area contributed by atoms with Crippen LogP contribution < -0.4 is 5.32 Å². The van der Waals surface area contributed by atoms with E-state index in [1.54, 1.807) is 12.4 Å². The lowest BCUT2D eigenvalue weighted by Gasteiger charge is -2.10. The summed E-state index contributed by atoms with van der Waals surface area (Å²) in [7, 11) is 0. The number of rotatable bonds is 8. The Bertz CT molecular complexity index is 1710. The molecular formula is C29H26N8. The van der Waals surface area contributed by atoms with E-state index >= 15 is 0 Å². The quantitative estimate of drug-likeness (QED) is 0.220. The molecule has 0 amide bonds. The molecule has 0 aliphatic heterocycles. The molecule has 0 aromatic carbocycles. The van der Waals surface area contributed by atoms with Gasteiger partial charge >= 0.3 is 0 Å². The second-order valence-corrected chi connectivity index (χ2v) is 9.01. The molecule has 182 valence electrons. The smallest absolute Gasteiger partial charge is 0.135 e. The summed E-state index contributed by atoms with van der Waals surface area (Å²) in [6, 6.07) is 14.0. The zero-order chi connectivity index (χ0) is 25.2. The zero-order valence-electron chi connectivity index (χ0n) is 20.5. The first-order valence-corrected chi connectivity index (χ1v) is 12.3. The normalized spacial score (nSPS) is 11.3. The van der Waals surface area contributed by atoms with Gasteiger partial charge in [-0.2, -0.15) is 5.10 Å². The van der Waals surface area contributed by atoms with Crippen LogP contribution in [0, 0.1) is 0 Å². The third-order valence-corrected chi connectivity index (χ3v) is 6.34. The van der Waals surface area contributed by atoms with Gasteiger partial charge in [-0.05, 0) is 49.2 Å². The van der Waals surface area contributed by atoms with E-state index in [2.05, 4.69) is 55.0 Å². The van der Waals surface area contributed by atoms with Crippen LogP contribution in [-0.4, -0.2) is 35.1 Å². The molecule has 0 saturated carbocycles. The van der Waals surface area contributed by atoms with Crippen molar-refractivity contribution in [1.82, 2.24) is 35.1 Å². The number of nitrogens with one attached hydrogen (secondary N) is 3. The van der Waals surface area contributed by atoms with Gasteiger partial charge in [0.15, 0.2) is 0 Å².